The summed E-state index contributed by atoms with van der Waals surface area (Å²) in [5.41, 5.74) is 14.6. The second kappa shape index (κ2) is 18.8. The van der Waals surface area contributed by atoms with Gasteiger partial charge in [-0.3, -0.25) is 10.2 Å². The number of hydrogen-bond donors (Lipinski definition) is 6. The van der Waals surface area contributed by atoms with E-state index >= 15 is 0 Å². The zero-order valence-corrected chi connectivity index (χ0v) is 27.1. The highest BCUT2D eigenvalue weighted by atomic mass is 16.6. The highest BCUT2D eigenvalue weighted by Crippen LogP contribution is 2.27. The highest BCUT2D eigenvalue weighted by Gasteiger charge is 2.19. The fraction of sp³-hybridized carbons (Fsp3) is 0.364. The number of allylic oxidation sites excluding steroid dienone is 1. The summed E-state index contributed by atoms with van der Waals surface area (Å²) in [5, 5.41) is 15.5. The molecule has 0 atom stereocenters. The summed E-state index contributed by atoms with van der Waals surface area (Å²) in [6.07, 6.45) is 4.37. The maximum atomic E-state index is 12.5. The normalized spacial score (nSPS) is 12.9. The molecule has 0 saturated carbocycles. The van der Waals surface area contributed by atoms with E-state index in [-0.39, 0.29) is 22.9 Å². The standard InChI is InChI=1S/C31H40N8O3.CH5N.CH2O/c1-31(2,3)25(42-34)14-15-35-23-9-11-24(12-10-23)38-30-27(29(33)36-20-37-30)28(32)22-7-4-21(5-8-22)6-13-26(40)39-16-18-41-19-17-39;2*1-2/h4-5,7-12,14,20,32,35H,6,13,15-19,34H2,1-3H3,(H3,33,36,37,38);2H2,1H3;1H2/b25-14-,32-28?;;. The maximum Gasteiger partial charge on any atom is 0.223 e. The van der Waals surface area contributed by atoms with E-state index in [1.54, 1.807) is 0 Å². The molecule has 0 radical (unpaired) electrons. The van der Waals surface area contributed by atoms with Gasteiger partial charge in [0.05, 0.1) is 24.5 Å². The molecule has 0 bridgehead atoms. The average molecular weight is 634 g/mol. The molecule has 248 valence electrons. The minimum Gasteiger partial charge on any atom is -0.416 e. The summed E-state index contributed by atoms with van der Waals surface area (Å²) in [4.78, 5) is 35.8. The first kappa shape index (κ1) is 37.3. The summed E-state index contributed by atoms with van der Waals surface area (Å²) in [7, 11) is 1.50. The topological polar surface area (TPSA) is 208 Å². The Hall–Kier alpha value is -4.85. The quantitative estimate of drug-likeness (QED) is 0.102. The number of rotatable bonds is 11. The monoisotopic (exact) mass is 633 g/mol. The van der Waals surface area contributed by atoms with E-state index in [0.717, 1.165) is 16.9 Å². The molecule has 0 spiro atoms. The van der Waals surface area contributed by atoms with Crippen LogP contribution in [0.2, 0.25) is 0 Å². The Bertz CT molecular complexity index is 1420. The van der Waals surface area contributed by atoms with Crippen LogP contribution in [0, 0.1) is 10.8 Å². The third kappa shape index (κ3) is 10.9. The summed E-state index contributed by atoms with van der Waals surface area (Å²) >= 11 is 0. The third-order valence-electron chi connectivity index (χ3n) is 6.97. The lowest BCUT2D eigenvalue weighted by Gasteiger charge is -2.26. The van der Waals surface area contributed by atoms with Gasteiger partial charge in [0.15, 0.2) is 0 Å². The van der Waals surface area contributed by atoms with Gasteiger partial charge in [-0.15, -0.1) is 0 Å². The van der Waals surface area contributed by atoms with Crippen LogP contribution < -0.4 is 28.0 Å². The number of aromatic nitrogens is 2. The smallest absolute Gasteiger partial charge is 0.223 e. The first-order chi connectivity index (χ1) is 22.2. The molecule has 13 nitrogen and oxygen atoms in total. The molecule has 2 aromatic carbocycles. The number of nitrogen functional groups attached to an aromatic ring is 1. The average Bonchev–Trinajstić information content (AvgIpc) is 3.08. The van der Waals surface area contributed by atoms with Gasteiger partial charge in [0.1, 0.15) is 30.5 Å². The molecule has 9 N–H and O–H groups in total. The molecule has 0 unspecified atom stereocenters. The van der Waals surface area contributed by atoms with Crippen LogP contribution in [0.1, 0.15) is 43.9 Å². The van der Waals surface area contributed by atoms with Crippen molar-refractivity contribution >= 4 is 41.4 Å². The number of carbonyl (C=O) groups is 2. The lowest BCUT2D eigenvalue weighted by Crippen LogP contribution is -2.40. The van der Waals surface area contributed by atoms with Crippen molar-refractivity contribution in [3.05, 3.63) is 83.4 Å². The van der Waals surface area contributed by atoms with Crippen molar-refractivity contribution in [3.63, 3.8) is 0 Å². The Morgan fingerprint density at radius 1 is 1.04 bits per heavy atom. The third-order valence-corrected chi connectivity index (χ3v) is 6.97. The summed E-state index contributed by atoms with van der Waals surface area (Å²) in [5.74, 6) is 6.90. The number of aryl methyl sites for hydroxylation is 1. The first-order valence-corrected chi connectivity index (χ1v) is 14.8. The van der Waals surface area contributed by atoms with Gasteiger partial charge < -0.3 is 41.4 Å². The van der Waals surface area contributed by atoms with E-state index < -0.39 is 0 Å². The minimum atomic E-state index is -0.180. The van der Waals surface area contributed by atoms with E-state index in [1.807, 2.05) is 87.1 Å². The number of carbonyl (C=O) groups excluding carboxylic acids is 2. The van der Waals surface area contributed by atoms with Gasteiger partial charge >= 0.3 is 0 Å². The van der Waals surface area contributed by atoms with E-state index in [0.29, 0.717) is 68.4 Å². The Morgan fingerprint density at radius 2 is 1.65 bits per heavy atom. The molecular formula is C33H47N9O4. The van der Waals surface area contributed by atoms with E-state index in [2.05, 4.69) is 26.3 Å². The van der Waals surface area contributed by atoms with Crippen LogP contribution in [0.25, 0.3) is 0 Å². The van der Waals surface area contributed by atoms with Gasteiger partial charge in [-0.1, -0.05) is 45.0 Å². The molecule has 1 aliphatic heterocycles. The fourth-order valence-electron chi connectivity index (χ4n) is 4.55. The lowest BCUT2D eigenvalue weighted by atomic mass is 9.93. The number of hydrogen-bond acceptors (Lipinski definition) is 12. The first-order valence-electron chi connectivity index (χ1n) is 14.8. The molecule has 1 fully saturated rings. The number of benzene rings is 2. The number of nitrogens with one attached hydrogen (secondary N) is 3. The van der Waals surface area contributed by atoms with Crippen LogP contribution >= 0.6 is 0 Å². The second-order valence-corrected chi connectivity index (χ2v) is 11.1. The number of amides is 1. The zero-order valence-electron chi connectivity index (χ0n) is 27.1. The molecule has 4 rings (SSSR count). The molecule has 1 aliphatic rings. The molecular weight excluding hydrogens is 586 g/mol. The van der Waals surface area contributed by atoms with Crippen LogP contribution in [-0.2, 0) is 25.6 Å². The van der Waals surface area contributed by atoms with Gasteiger partial charge in [-0.2, -0.15) is 5.90 Å². The molecule has 1 amide bonds. The predicted molar refractivity (Wildman–Crippen MR) is 183 cm³/mol. The van der Waals surface area contributed by atoms with Crippen LogP contribution in [0.15, 0.2) is 66.7 Å². The Morgan fingerprint density at radius 3 is 2.24 bits per heavy atom. The minimum absolute atomic E-state index is 0.136. The van der Waals surface area contributed by atoms with Crippen molar-refractivity contribution in [2.45, 2.75) is 33.6 Å². The molecule has 1 saturated heterocycles. The van der Waals surface area contributed by atoms with Crippen molar-refractivity contribution in [3.8, 4) is 0 Å². The molecule has 13 heteroatoms. The van der Waals surface area contributed by atoms with Crippen molar-refractivity contribution < 1.29 is 19.2 Å². The van der Waals surface area contributed by atoms with Gasteiger partial charge in [-0.25, -0.2) is 9.97 Å². The number of morpholine rings is 1. The SMILES string of the molecule is C=O.CC(C)(C)/C(=C/CNc1ccc(Nc2ncnc(N)c2C(=N)c2ccc(CCC(=O)N3CCOCC3)cc2)cc1)ON.CN. The Kier molecular flexibility index (Phi) is 15.3. The number of ether oxygens (including phenoxy) is 1. The Labute approximate surface area is 271 Å². The van der Waals surface area contributed by atoms with Crippen LogP contribution in [0.5, 0.6) is 0 Å². The van der Waals surface area contributed by atoms with E-state index in [1.165, 1.54) is 13.4 Å². The number of nitrogens with two attached hydrogens (primary N) is 3. The summed E-state index contributed by atoms with van der Waals surface area (Å²) in [6, 6.07) is 15.3. The number of anilines is 4. The molecule has 46 heavy (non-hydrogen) atoms. The fourth-order valence-corrected chi connectivity index (χ4v) is 4.55. The Balaban J connectivity index is 0.00000177. The zero-order chi connectivity index (χ0) is 34.1. The van der Waals surface area contributed by atoms with Gasteiger partial charge in [-0.05, 0) is 49.4 Å². The van der Waals surface area contributed by atoms with Crippen LogP contribution in [0.3, 0.4) is 0 Å². The second-order valence-electron chi connectivity index (χ2n) is 11.1. The van der Waals surface area contributed by atoms with Crippen LogP contribution in [-0.4, -0.2) is 73.2 Å². The number of nitrogens with zero attached hydrogens (tertiary/aromatic N) is 3. The van der Waals surface area contributed by atoms with Crippen molar-refractivity contribution in [1.82, 2.24) is 14.9 Å². The molecule has 0 aliphatic carbocycles. The van der Waals surface area contributed by atoms with Gasteiger partial charge in [0.2, 0.25) is 5.91 Å². The lowest BCUT2D eigenvalue weighted by molar-refractivity contribution is -0.135. The predicted octanol–water partition coefficient (Wildman–Crippen LogP) is 3.63. The van der Waals surface area contributed by atoms with Crippen molar-refractivity contribution in [2.24, 2.45) is 17.0 Å². The van der Waals surface area contributed by atoms with E-state index in [9.17, 15) is 4.79 Å². The molecule has 1 aromatic heterocycles. The van der Waals surface area contributed by atoms with Gasteiger partial charge in [0, 0.05) is 48.4 Å². The summed E-state index contributed by atoms with van der Waals surface area (Å²) in [6.45, 7) is 11.1. The summed E-state index contributed by atoms with van der Waals surface area (Å²) < 4.78 is 5.32. The van der Waals surface area contributed by atoms with Crippen LogP contribution in [0.4, 0.5) is 23.0 Å². The largest absolute Gasteiger partial charge is 0.416 e. The van der Waals surface area contributed by atoms with Crippen molar-refractivity contribution in [2.75, 3.05) is 56.3 Å². The maximum absolute atomic E-state index is 12.5. The van der Waals surface area contributed by atoms with E-state index in [4.69, 9.17) is 31.4 Å². The molecule has 3 aromatic rings. The van der Waals surface area contributed by atoms with Gasteiger partial charge in [0.25, 0.3) is 0 Å². The molecule has 2 heterocycles. The highest BCUT2D eigenvalue weighted by molar-refractivity contribution is 6.16. The van der Waals surface area contributed by atoms with Crippen molar-refractivity contribution in [1.29, 1.82) is 5.41 Å².